The number of nitrogens with zero attached hydrogens (tertiary/aromatic N) is 2. The Kier molecular flexibility index (Phi) is 13.5. The molecule has 0 aliphatic heterocycles. The number of fused-ring (bicyclic) bond motifs is 5. The van der Waals surface area contributed by atoms with Gasteiger partial charge >= 0.3 is 0 Å². The van der Waals surface area contributed by atoms with Crippen molar-refractivity contribution in [3.63, 3.8) is 0 Å². The van der Waals surface area contributed by atoms with Crippen LogP contribution < -0.4 is 0 Å². The SMILES string of the molecule is C1CCC(N(C2CCCCC2)C2CCCC(C3CC4C5CCCCC5C(C5CCCC(N(C6CCCCC6)C6CCCCC6)C5)CC4C4CCCCC34)C2)CC1. The van der Waals surface area contributed by atoms with Crippen LogP contribution in [0.2, 0.25) is 0 Å². The van der Waals surface area contributed by atoms with Gasteiger partial charge in [0.2, 0.25) is 0 Å². The summed E-state index contributed by atoms with van der Waals surface area (Å²) >= 11 is 0. The molecule has 10 aliphatic carbocycles. The van der Waals surface area contributed by atoms with Gasteiger partial charge in [-0.1, -0.05) is 128 Å². The number of hydrogen-bond donors (Lipinski definition) is 0. The first-order valence-corrected chi connectivity index (χ1v) is 27.3. The van der Waals surface area contributed by atoms with E-state index in [4.69, 9.17) is 0 Å². The van der Waals surface area contributed by atoms with Gasteiger partial charge in [-0.2, -0.15) is 0 Å². The van der Waals surface area contributed by atoms with Gasteiger partial charge in [-0.05, 0) is 175 Å². The molecule has 10 saturated carbocycles. The Hall–Kier alpha value is -0.0800. The molecule has 0 amide bonds. The first kappa shape index (κ1) is 40.0. The van der Waals surface area contributed by atoms with Gasteiger partial charge in [0.15, 0.2) is 0 Å². The van der Waals surface area contributed by atoms with E-state index in [0.29, 0.717) is 0 Å². The van der Waals surface area contributed by atoms with Gasteiger partial charge in [0.1, 0.15) is 0 Å². The second-order valence-corrected chi connectivity index (χ2v) is 23.6. The Morgan fingerprint density at radius 3 is 0.768 bits per heavy atom. The van der Waals surface area contributed by atoms with Crippen LogP contribution in [0.3, 0.4) is 0 Å². The van der Waals surface area contributed by atoms with Crippen LogP contribution in [0.1, 0.15) is 244 Å². The summed E-state index contributed by atoms with van der Waals surface area (Å²) in [5, 5.41) is 0. The Balaban J connectivity index is 0.878. The summed E-state index contributed by atoms with van der Waals surface area (Å²) in [4.78, 5) is 6.63. The molecule has 10 fully saturated rings. The molecule has 0 saturated heterocycles. The third-order valence-electron chi connectivity index (χ3n) is 21.0. The largest absolute Gasteiger partial charge is 0.294 e. The van der Waals surface area contributed by atoms with Crippen LogP contribution >= 0.6 is 0 Å². The van der Waals surface area contributed by atoms with E-state index >= 15 is 0 Å². The summed E-state index contributed by atoms with van der Waals surface area (Å²) in [6.45, 7) is 0. The molecule has 0 aromatic rings. The van der Waals surface area contributed by atoms with Crippen molar-refractivity contribution in [1.29, 1.82) is 0 Å². The topological polar surface area (TPSA) is 6.48 Å². The molecule has 2 heteroatoms. The maximum absolute atomic E-state index is 3.32. The fourth-order valence-electron chi connectivity index (χ4n) is 18.9. The van der Waals surface area contributed by atoms with Gasteiger partial charge in [-0.25, -0.2) is 0 Å². The smallest absolute Gasteiger partial charge is 0.0104 e. The Bertz CT molecular complexity index is 1060. The van der Waals surface area contributed by atoms with E-state index < -0.39 is 0 Å². The van der Waals surface area contributed by atoms with E-state index in [2.05, 4.69) is 9.80 Å². The molecule has 0 aromatic carbocycles. The predicted molar refractivity (Wildman–Crippen MR) is 237 cm³/mol. The zero-order chi connectivity index (χ0) is 37.3. The maximum Gasteiger partial charge on any atom is 0.0104 e. The molecule has 12 atom stereocenters. The highest BCUT2D eigenvalue weighted by Crippen LogP contribution is 2.64. The zero-order valence-corrected chi connectivity index (χ0v) is 37.0. The first-order chi connectivity index (χ1) is 27.8. The van der Waals surface area contributed by atoms with E-state index in [1.807, 2.05) is 0 Å². The zero-order valence-electron chi connectivity index (χ0n) is 37.0. The fourth-order valence-corrected chi connectivity index (χ4v) is 18.9. The molecule has 2 nitrogen and oxygen atoms in total. The molecule has 0 bridgehead atoms. The van der Waals surface area contributed by atoms with Crippen molar-refractivity contribution >= 4 is 0 Å². The molecule has 0 N–H and O–H groups in total. The van der Waals surface area contributed by atoms with Crippen molar-refractivity contribution < 1.29 is 0 Å². The normalized spacial score (nSPS) is 44.2. The summed E-state index contributed by atoms with van der Waals surface area (Å²) in [5.41, 5.74) is 0. The van der Waals surface area contributed by atoms with Crippen molar-refractivity contribution in [3.05, 3.63) is 0 Å². The Morgan fingerprint density at radius 1 is 0.179 bits per heavy atom. The average molecular weight is 769 g/mol. The van der Waals surface area contributed by atoms with Crippen LogP contribution in [-0.4, -0.2) is 46.1 Å². The lowest BCUT2D eigenvalue weighted by molar-refractivity contribution is -0.123. The minimum absolute atomic E-state index is 0.930. The van der Waals surface area contributed by atoms with Crippen LogP contribution in [0.25, 0.3) is 0 Å². The molecule has 0 spiro atoms. The first-order valence-electron chi connectivity index (χ1n) is 27.3. The van der Waals surface area contributed by atoms with Crippen LogP contribution in [0.4, 0.5) is 0 Å². The van der Waals surface area contributed by atoms with E-state index in [9.17, 15) is 0 Å². The van der Waals surface area contributed by atoms with Gasteiger partial charge < -0.3 is 0 Å². The Labute approximate surface area is 348 Å². The van der Waals surface area contributed by atoms with Crippen molar-refractivity contribution in [2.75, 3.05) is 0 Å². The number of rotatable bonds is 8. The van der Waals surface area contributed by atoms with E-state index in [1.165, 1.54) is 128 Å². The molecule has 12 unspecified atom stereocenters. The lowest BCUT2D eigenvalue weighted by Crippen LogP contribution is -2.56. The minimum Gasteiger partial charge on any atom is -0.294 e. The van der Waals surface area contributed by atoms with Crippen LogP contribution in [0, 0.1) is 59.2 Å². The standard InChI is InChI=1S/C54H92N2/c1-5-21-41(22-6-1)55(42-23-7-2-8-24-42)45-29-17-19-39(35-45)51-37-53-50-34-16-14-32-48(50)52(38-54(53)49-33-15-13-31-47(49)51)40-20-18-30-46(36-40)56(43-25-9-3-10-26-43)44-27-11-4-12-28-44/h39-54H,1-38H2. The Morgan fingerprint density at radius 2 is 0.446 bits per heavy atom. The third kappa shape index (κ3) is 8.42. The van der Waals surface area contributed by atoms with Crippen molar-refractivity contribution in [1.82, 2.24) is 9.80 Å². The predicted octanol–water partition coefficient (Wildman–Crippen LogP) is 14.9. The third-order valence-corrected chi connectivity index (χ3v) is 21.0. The molecule has 318 valence electrons. The van der Waals surface area contributed by atoms with Crippen LogP contribution in [0.15, 0.2) is 0 Å². The van der Waals surface area contributed by atoms with Crippen molar-refractivity contribution in [2.24, 2.45) is 59.2 Å². The van der Waals surface area contributed by atoms with E-state index in [0.717, 1.165) is 95.4 Å². The van der Waals surface area contributed by atoms with Crippen LogP contribution in [-0.2, 0) is 0 Å². The molecule has 0 radical (unpaired) electrons. The summed E-state index contributed by atoms with van der Waals surface area (Å²) in [5.74, 6) is 10.9. The fraction of sp³-hybridized carbons (Fsp3) is 1.00. The average Bonchev–Trinajstić information content (AvgIpc) is 3.28. The van der Waals surface area contributed by atoms with Crippen LogP contribution in [0.5, 0.6) is 0 Å². The van der Waals surface area contributed by atoms with Gasteiger partial charge in [-0.3, -0.25) is 9.80 Å². The molecular weight excluding hydrogens is 677 g/mol. The molecular formula is C54H92N2. The molecule has 0 aromatic heterocycles. The van der Waals surface area contributed by atoms with E-state index in [-0.39, 0.29) is 0 Å². The van der Waals surface area contributed by atoms with Gasteiger partial charge in [0.05, 0.1) is 0 Å². The highest BCUT2D eigenvalue weighted by Gasteiger charge is 2.56. The minimum atomic E-state index is 0.930. The summed E-state index contributed by atoms with van der Waals surface area (Å²) in [6.07, 6.45) is 59.2. The van der Waals surface area contributed by atoms with Gasteiger partial charge in [-0.15, -0.1) is 0 Å². The highest BCUT2D eigenvalue weighted by molar-refractivity contribution is 5.06. The molecule has 10 aliphatic rings. The second kappa shape index (κ2) is 18.9. The van der Waals surface area contributed by atoms with Gasteiger partial charge in [0, 0.05) is 36.3 Å². The number of hydrogen-bond acceptors (Lipinski definition) is 2. The van der Waals surface area contributed by atoms with Gasteiger partial charge in [0.25, 0.3) is 0 Å². The molecule has 0 heterocycles. The quantitative estimate of drug-likeness (QED) is 0.243. The van der Waals surface area contributed by atoms with E-state index in [1.54, 1.807) is 116 Å². The maximum atomic E-state index is 3.32. The second-order valence-electron chi connectivity index (χ2n) is 23.6. The lowest BCUT2D eigenvalue weighted by Gasteiger charge is -2.61. The summed E-state index contributed by atoms with van der Waals surface area (Å²) in [7, 11) is 0. The van der Waals surface area contributed by atoms with Crippen molar-refractivity contribution in [2.45, 2.75) is 280 Å². The molecule has 10 rings (SSSR count). The lowest BCUT2D eigenvalue weighted by atomic mass is 9.44. The monoisotopic (exact) mass is 769 g/mol. The summed E-state index contributed by atoms with van der Waals surface area (Å²) in [6, 6.07) is 5.60. The molecule has 56 heavy (non-hydrogen) atoms. The van der Waals surface area contributed by atoms with Crippen molar-refractivity contribution in [3.8, 4) is 0 Å². The highest BCUT2D eigenvalue weighted by atomic mass is 15.2. The summed E-state index contributed by atoms with van der Waals surface area (Å²) < 4.78 is 0.